The first-order valence-corrected chi connectivity index (χ1v) is 19.7. The Hall–Kier alpha value is -0.990. The summed E-state index contributed by atoms with van der Waals surface area (Å²) in [4.78, 5) is 36.7. The molecule has 2 N–H and O–H groups in total. The monoisotopic (exact) mass is 662 g/mol. The van der Waals surface area contributed by atoms with Gasteiger partial charge in [-0.1, -0.05) is 143 Å². The molecule has 1 unspecified atom stereocenters. The van der Waals surface area contributed by atoms with Crippen LogP contribution in [0.3, 0.4) is 0 Å². The lowest BCUT2D eigenvalue weighted by Gasteiger charge is -2.25. The molecule has 0 heterocycles. The molecule has 0 saturated heterocycles. The van der Waals surface area contributed by atoms with Crippen LogP contribution in [0.4, 0.5) is 0 Å². The second-order valence-corrected chi connectivity index (χ2v) is 14.6. The lowest BCUT2D eigenvalue weighted by Crippen LogP contribution is -2.30. The van der Waals surface area contributed by atoms with Gasteiger partial charge in [0.2, 0.25) is 0 Å². The largest absolute Gasteiger partial charge is 0.756 e. The van der Waals surface area contributed by atoms with Crippen molar-refractivity contribution in [3.63, 3.8) is 0 Å². The minimum atomic E-state index is -4.61. The Kier molecular flexibility index (Phi) is 29.7. The number of ether oxygens (including phenoxy) is 2. The number of nitrogens with two attached hydrogens (primary N) is 1. The fourth-order valence-corrected chi connectivity index (χ4v) is 5.83. The smallest absolute Gasteiger partial charge is 0.306 e. The third-order valence-electron chi connectivity index (χ3n) is 8.20. The average Bonchev–Trinajstić information content (AvgIpc) is 3.00. The molecule has 3 atom stereocenters. The summed E-state index contributed by atoms with van der Waals surface area (Å²) in [5.41, 5.74) is 5.29. The van der Waals surface area contributed by atoms with E-state index in [1.165, 1.54) is 83.5 Å². The Bertz CT molecular complexity index is 751. The van der Waals surface area contributed by atoms with Gasteiger partial charge in [0.1, 0.15) is 6.61 Å². The molecule has 10 heteroatoms. The Morgan fingerprint density at radius 1 is 0.667 bits per heavy atom. The normalized spacial score (nSPS) is 14.3. The molecule has 45 heavy (non-hydrogen) atoms. The first-order valence-electron chi connectivity index (χ1n) is 18.2. The summed E-state index contributed by atoms with van der Waals surface area (Å²) in [6.07, 6.45) is 22.7. The quantitative estimate of drug-likeness (QED) is 0.0415. The van der Waals surface area contributed by atoms with Crippen LogP contribution in [0.2, 0.25) is 0 Å². The van der Waals surface area contributed by atoms with Crippen molar-refractivity contribution in [2.24, 2.45) is 17.6 Å². The molecule has 0 aromatic heterocycles. The van der Waals surface area contributed by atoms with Gasteiger partial charge in [0.15, 0.2) is 6.10 Å². The topological polar surface area (TPSA) is 137 Å². The van der Waals surface area contributed by atoms with Gasteiger partial charge >= 0.3 is 11.9 Å². The molecule has 9 nitrogen and oxygen atoms in total. The Balaban J connectivity index is 4.25. The van der Waals surface area contributed by atoms with Crippen LogP contribution in [0, 0.1) is 11.8 Å². The number of carbonyl (C=O) groups is 2. The highest BCUT2D eigenvalue weighted by molar-refractivity contribution is 7.45. The standard InChI is InChI=1S/C35H70NO8P/c1-5-32(4)24-20-16-12-9-10-13-17-21-25-34(37)41-29-33(30-43-45(39,40)42-28-27-36)44-35(38)26-22-18-14-8-6-7-11-15-19-23-31(2)3/h31-33H,5-30,36H2,1-4H3,(H,39,40)/p-1/t32-,33-/m0/s1. The number of hydrogen-bond donors (Lipinski definition) is 1. The first-order chi connectivity index (χ1) is 21.6. The van der Waals surface area contributed by atoms with E-state index in [-0.39, 0.29) is 32.6 Å². The van der Waals surface area contributed by atoms with Crippen molar-refractivity contribution in [1.29, 1.82) is 0 Å². The van der Waals surface area contributed by atoms with E-state index in [9.17, 15) is 19.0 Å². The van der Waals surface area contributed by atoms with Crippen molar-refractivity contribution in [3.05, 3.63) is 0 Å². The van der Waals surface area contributed by atoms with Crippen molar-refractivity contribution in [2.75, 3.05) is 26.4 Å². The second kappa shape index (κ2) is 30.4. The maximum Gasteiger partial charge on any atom is 0.306 e. The molecule has 0 amide bonds. The molecule has 0 spiro atoms. The van der Waals surface area contributed by atoms with E-state index < -0.39 is 32.5 Å². The van der Waals surface area contributed by atoms with E-state index in [1.807, 2.05) is 0 Å². The summed E-state index contributed by atoms with van der Waals surface area (Å²) in [6.45, 7) is 8.15. The summed E-state index contributed by atoms with van der Waals surface area (Å²) in [6, 6.07) is 0. The van der Waals surface area contributed by atoms with Crippen LogP contribution < -0.4 is 10.6 Å². The first kappa shape index (κ1) is 44.0. The highest BCUT2D eigenvalue weighted by atomic mass is 31.2. The molecule has 0 saturated carbocycles. The van der Waals surface area contributed by atoms with Crippen LogP contribution in [0.25, 0.3) is 0 Å². The van der Waals surface area contributed by atoms with Crippen LogP contribution in [0.15, 0.2) is 0 Å². The average molecular weight is 663 g/mol. The van der Waals surface area contributed by atoms with Crippen LogP contribution in [0.5, 0.6) is 0 Å². The maximum atomic E-state index is 12.5. The van der Waals surface area contributed by atoms with Crippen molar-refractivity contribution < 1.29 is 37.6 Å². The molecule has 268 valence electrons. The fraction of sp³-hybridized carbons (Fsp3) is 0.943. The minimum absolute atomic E-state index is 0.0162. The highest BCUT2D eigenvalue weighted by Crippen LogP contribution is 2.38. The molecular weight excluding hydrogens is 593 g/mol. The molecule has 0 rings (SSSR count). The number of phosphoric acid groups is 1. The number of esters is 2. The van der Waals surface area contributed by atoms with Crippen LogP contribution in [0.1, 0.15) is 169 Å². The van der Waals surface area contributed by atoms with Gasteiger partial charge in [0, 0.05) is 19.4 Å². The number of carbonyl (C=O) groups excluding carboxylic acids is 2. The molecule has 0 aliphatic carbocycles. The van der Waals surface area contributed by atoms with E-state index >= 15 is 0 Å². The van der Waals surface area contributed by atoms with Gasteiger partial charge in [0.05, 0.1) is 13.2 Å². The van der Waals surface area contributed by atoms with Gasteiger partial charge in [-0.15, -0.1) is 0 Å². The maximum absolute atomic E-state index is 12.5. The van der Waals surface area contributed by atoms with Gasteiger partial charge in [-0.3, -0.25) is 14.2 Å². The highest BCUT2D eigenvalue weighted by Gasteiger charge is 2.21. The predicted octanol–water partition coefficient (Wildman–Crippen LogP) is 8.80. The molecule has 0 aliphatic rings. The zero-order chi connectivity index (χ0) is 33.6. The summed E-state index contributed by atoms with van der Waals surface area (Å²) in [7, 11) is -4.61. The third kappa shape index (κ3) is 31.4. The molecule has 0 radical (unpaired) electrons. The molecular formula is C35H69NO8P-. The summed E-state index contributed by atoms with van der Waals surface area (Å²) < 4.78 is 32.2. The van der Waals surface area contributed by atoms with Crippen molar-refractivity contribution in [1.82, 2.24) is 0 Å². The second-order valence-electron chi connectivity index (χ2n) is 13.2. The molecule has 0 bridgehead atoms. The van der Waals surface area contributed by atoms with Crippen molar-refractivity contribution >= 4 is 19.8 Å². The van der Waals surface area contributed by atoms with E-state index in [0.717, 1.165) is 50.4 Å². The van der Waals surface area contributed by atoms with E-state index in [0.29, 0.717) is 6.42 Å². The van der Waals surface area contributed by atoms with E-state index in [2.05, 4.69) is 32.2 Å². The van der Waals surface area contributed by atoms with Gasteiger partial charge in [-0.05, 0) is 24.7 Å². The molecule has 0 aromatic rings. The van der Waals surface area contributed by atoms with Gasteiger partial charge in [-0.25, -0.2) is 0 Å². The zero-order valence-corrected chi connectivity index (χ0v) is 30.3. The SMILES string of the molecule is CC[C@H](C)CCCCCCCCCCC(=O)OC[C@@H](COP(=O)([O-])OCCN)OC(=O)CCCCCCCCCCCC(C)C. The van der Waals surface area contributed by atoms with Crippen LogP contribution in [-0.4, -0.2) is 44.4 Å². The van der Waals surface area contributed by atoms with E-state index in [4.69, 9.17) is 19.7 Å². The minimum Gasteiger partial charge on any atom is -0.756 e. The summed E-state index contributed by atoms with van der Waals surface area (Å²) in [5, 5.41) is 0. The Labute approximate surface area is 276 Å². The van der Waals surface area contributed by atoms with Crippen molar-refractivity contribution in [3.8, 4) is 0 Å². The van der Waals surface area contributed by atoms with Gasteiger partial charge < -0.3 is 29.1 Å². The van der Waals surface area contributed by atoms with Crippen LogP contribution in [-0.2, 0) is 32.7 Å². The van der Waals surface area contributed by atoms with Crippen molar-refractivity contribution in [2.45, 2.75) is 175 Å². The lowest BCUT2D eigenvalue weighted by molar-refractivity contribution is -0.228. The fourth-order valence-electron chi connectivity index (χ4n) is 5.08. The number of hydrogen-bond acceptors (Lipinski definition) is 9. The van der Waals surface area contributed by atoms with Crippen LogP contribution >= 0.6 is 7.82 Å². The predicted molar refractivity (Wildman–Crippen MR) is 181 cm³/mol. The molecule has 0 aliphatic heterocycles. The third-order valence-corrected chi connectivity index (χ3v) is 9.17. The lowest BCUT2D eigenvalue weighted by atomic mass is 9.99. The Morgan fingerprint density at radius 2 is 1.13 bits per heavy atom. The van der Waals surface area contributed by atoms with E-state index in [1.54, 1.807) is 0 Å². The van der Waals surface area contributed by atoms with Gasteiger partial charge in [0.25, 0.3) is 7.82 Å². The Morgan fingerprint density at radius 3 is 1.62 bits per heavy atom. The number of unbranched alkanes of at least 4 members (excludes halogenated alkanes) is 15. The zero-order valence-electron chi connectivity index (χ0n) is 29.4. The van der Waals surface area contributed by atoms with Gasteiger partial charge in [-0.2, -0.15) is 0 Å². The summed E-state index contributed by atoms with van der Waals surface area (Å²) >= 11 is 0. The summed E-state index contributed by atoms with van der Waals surface area (Å²) in [5.74, 6) is 0.748. The molecule has 0 fully saturated rings. The number of phosphoric ester groups is 1. The number of rotatable bonds is 33. The molecule has 0 aromatic carbocycles.